The van der Waals surface area contributed by atoms with E-state index in [0.717, 1.165) is 6.54 Å². The Kier molecular flexibility index (Phi) is 4.67. The number of anilines is 3. The molecule has 2 N–H and O–H groups in total. The third-order valence-corrected chi connectivity index (χ3v) is 6.35. The number of aromatic nitrogens is 4. The number of benzene rings is 1. The van der Waals surface area contributed by atoms with E-state index >= 15 is 0 Å². The molecule has 5 heterocycles. The summed E-state index contributed by atoms with van der Waals surface area (Å²) in [7, 11) is 0. The Morgan fingerprint density at radius 2 is 1.90 bits per heavy atom. The molecule has 2 bridgehead atoms. The zero-order chi connectivity index (χ0) is 19.8. The highest BCUT2D eigenvalue weighted by atomic mass is 35.5. The Morgan fingerprint density at radius 3 is 2.66 bits per heavy atom. The van der Waals surface area contributed by atoms with Crippen molar-refractivity contribution in [1.82, 2.24) is 24.8 Å². The van der Waals surface area contributed by atoms with Crippen LogP contribution in [-0.2, 0) is 0 Å². The number of fused-ring (bicyclic) bond motifs is 4. The van der Waals surface area contributed by atoms with Crippen molar-refractivity contribution in [2.75, 3.05) is 36.8 Å². The normalized spacial score (nSPS) is 23.3. The molecule has 3 fully saturated rings. The van der Waals surface area contributed by atoms with E-state index < -0.39 is 5.82 Å². The van der Waals surface area contributed by atoms with E-state index in [-0.39, 0.29) is 5.02 Å². The molecule has 3 aromatic rings. The summed E-state index contributed by atoms with van der Waals surface area (Å²) in [5.74, 6) is 0.619. The van der Waals surface area contributed by atoms with Crippen LogP contribution in [0.5, 0.6) is 0 Å². The summed E-state index contributed by atoms with van der Waals surface area (Å²) in [4.78, 5) is 20.1. The Hall–Kier alpha value is -2.58. The van der Waals surface area contributed by atoms with E-state index in [0.29, 0.717) is 33.9 Å². The molecule has 1 aromatic carbocycles. The van der Waals surface area contributed by atoms with Gasteiger partial charge in [-0.25, -0.2) is 24.3 Å². The van der Waals surface area contributed by atoms with Crippen molar-refractivity contribution in [2.24, 2.45) is 5.41 Å². The van der Waals surface area contributed by atoms with Gasteiger partial charge in [-0.1, -0.05) is 11.6 Å². The minimum Gasteiger partial charge on any atom is -0.354 e. The first-order chi connectivity index (χ1) is 14.1. The van der Waals surface area contributed by atoms with Crippen molar-refractivity contribution in [2.45, 2.75) is 19.3 Å². The number of piperidine rings is 3. The molecule has 29 heavy (non-hydrogen) atoms. The Morgan fingerprint density at radius 1 is 1.10 bits per heavy atom. The summed E-state index contributed by atoms with van der Waals surface area (Å²) in [6.45, 7) is 4.42. The summed E-state index contributed by atoms with van der Waals surface area (Å²) in [6, 6.07) is 4.43. The molecule has 0 atom stereocenters. The van der Waals surface area contributed by atoms with Crippen molar-refractivity contribution in [3.8, 4) is 0 Å². The molecule has 3 aliphatic rings. The molecule has 3 aliphatic heterocycles. The second-order valence-corrected chi connectivity index (χ2v) is 8.26. The van der Waals surface area contributed by atoms with Crippen LogP contribution < -0.4 is 10.6 Å². The first kappa shape index (κ1) is 18.4. The lowest BCUT2D eigenvalue weighted by Gasteiger charge is -2.48. The van der Waals surface area contributed by atoms with Gasteiger partial charge in [0.15, 0.2) is 5.82 Å². The minimum absolute atomic E-state index is 0.0446. The molecule has 7 nitrogen and oxygen atoms in total. The van der Waals surface area contributed by atoms with E-state index in [1.54, 1.807) is 12.3 Å². The van der Waals surface area contributed by atoms with Crippen LogP contribution in [0.4, 0.5) is 21.8 Å². The van der Waals surface area contributed by atoms with Gasteiger partial charge in [-0.05, 0) is 62.5 Å². The summed E-state index contributed by atoms with van der Waals surface area (Å²) in [6.07, 6.45) is 6.79. The molecule has 0 unspecified atom stereocenters. The van der Waals surface area contributed by atoms with Crippen molar-refractivity contribution in [1.29, 1.82) is 0 Å². The summed E-state index contributed by atoms with van der Waals surface area (Å²) >= 11 is 5.88. The molecule has 0 spiro atoms. The molecule has 0 aliphatic carbocycles. The fourth-order valence-electron chi connectivity index (χ4n) is 4.17. The average molecular weight is 414 g/mol. The lowest BCUT2D eigenvalue weighted by atomic mass is 9.72. The van der Waals surface area contributed by atoms with Gasteiger partial charge in [-0.2, -0.15) is 0 Å². The van der Waals surface area contributed by atoms with E-state index in [1.165, 1.54) is 57.4 Å². The maximum atomic E-state index is 13.4. The van der Waals surface area contributed by atoms with Gasteiger partial charge in [0, 0.05) is 12.2 Å². The second kappa shape index (κ2) is 7.35. The predicted molar refractivity (Wildman–Crippen MR) is 111 cm³/mol. The van der Waals surface area contributed by atoms with Gasteiger partial charge in [0.05, 0.1) is 11.2 Å². The van der Waals surface area contributed by atoms with Crippen LogP contribution in [0.1, 0.15) is 19.3 Å². The number of rotatable bonds is 5. The standard InChI is InChI=1S/C20H21ClFN7/c21-14-9-13(1-2-15(14)22)27-18-17-16(25-12-26-18)10-23-19(28-17)24-11-20-3-6-29(7-4-20)8-5-20/h1-2,9-10,12H,3-8,11H2,(H,23,24,28)(H,25,26,27). The summed E-state index contributed by atoms with van der Waals surface area (Å²) in [5.41, 5.74) is 2.19. The molecule has 0 radical (unpaired) electrons. The number of nitrogens with zero attached hydrogens (tertiary/aromatic N) is 5. The van der Waals surface area contributed by atoms with Crippen molar-refractivity contribution < 1.29 is 4.39 Å². The number of hydrogen-bond donors (Lipinski definition) is 2. The van der Waals surface area contributed by atoms with E-state index in [1.807, 2.05) is 0 Å². The first-order valence-corrected chi connectivity index (χ1v) is 10.1. The molecule has 3 saturated heterocycles. The van der Waals surface area contributed by atoms with E-state index in [4.69, 9.17) is 11.6 Å². The van der Waals surface area contributed by atoms with Crippen LogP contribution in [0, 0.1) is 11.2 Å². The highest BCUT2D eigenvalue weighted by Crippen LogP contribution is 2.40. The fourth-order valence-corrected chi connectivity index (χ4v) is 4.35. The number of halogens is 2. The Bertz CT molecular complexity index is 1040. The van der Waals surface area contributed by atoms with Gasteiger partial charge in [-0.3, -0.25) is 0 Å². The minimum atomic E-state index is -0.466. The number of hydrogen-bond acceptors (Lipinski definition) is 7. The Labute approximate surface area is 172 Å². The molecule has 6 rings (SSSR count). The van der Waals surface area contributed by atoms with Crippen molar-refractivity contribution in [3.05, 3.63) is 41.6 Å². The van der Waals surface area contributed by atoms with Crippen molar-refractivity contribution >= 4 is 40.1 Å². The van der Waals surface area contributed by atoms with Crippen LogP contribution in [0.15, 0.2) is 30.7 Å². The predicted octanol–water partition coefficient (Wildman–Crippen LogP) is 3.85. The quantitative estimate of drug-likeness (QED) is 0.657. The van der Waals surface area contributed by atoms with Gasteiger partial charge in [0.2, 0.25) is 5.95 Å². The zero-order valence-corrected chi connectivity index (χ0v) is 16.6. The van der Waals surface area contributed by atoms with Crippen molar-refractivity contribution in [3.63, 3.8) is 0 Å². The highest BCUT2D eigenvalue weighted by molar-refractivity contribution is 6.31. The first-order valence-electron chi connectivity index (χ1n) is 9.76. The molecule has 2 aromatic heterocycles. The molecule has 150 valence electrons. The lowest BCUT2D eigenvalue weighted by molar-refractivity contribution is 0.0359. The van der Waals surface area contributed by atoms with Gasteiger partial charge < -0.3 is 15.5 Å². The van der Waals surface area contributed by atoms with Gasteiger partial charge in [-0.15, -0.1) is 0 Å². The third-order valence-electron chi connectivity index (χ3n) is 6.06. The SMILES string of the molecule is Fc1ccc(Nc2ncnc3cnc(NCC45CCN(CC4)CC5)nc23)cc1Cl. The Balaban J connectivity index is 1.38. The van der Waals surface area contributed by atoms with Crippen LogP contribution >= 0.6 is 11.6 Å². The second-order valence-electron chi connectivity index (χ2n) is 7.85. The van der Waals surface area contributed by atoms with Crippen LogP contribution in [0.25, 0.3) is 11.0 Å². The van der Waals surface area contributed by atoms with Gasteiger partial charge in [0.25, 0.3) is 0 Å². The van der Waals surface area contributed by atoms with Gasteiger partial charge >= 0.3 is 0 Å². The average Bonchev–Trinajstić information content (AvgIpc) is 2.76. The smallest absolute Gasteiger partial charge is 0.223 e. The molecular weight excluding hydrogens is 393 g/mol. The lowest BCUT2D eigenvalue weighted by Crippen LogP contribution is -2.51. The topological polar surface area (TPSA) is 78.9 Å². The molecule has 9 heteroatoms. The molecular formula is C20H21ClFN7. The monoisotopic (exact) mass is 413 g/mol. The van der Waals surface area contributed by atoms with E-state index in [9.17, 15) is 4.39 Å². The third kappa shape index (κ3) is 3.70. The largest absolute Gasteiger partial charge is 0.354 e. The molecule has 0 amide bonds. The maximum absolute atomic E-state index is 13.4. The fraction of sp³-hybridized carbons (Fsp3) is 0.400. The van der Waals surface area contributed by atoms with Crippen LogP contribution in [-0.4, -0.2) is 51.0 Å². The maximum Gasteiger partial charge on any atom is 0.223 e. The van der Waals surface area contributed by atoms with Crippen LogP contribution in [0.3, 0.4) is 0 Å². The summed E-state index contributed by atoms with van der Waals surface area (Å²) in [5, 5.41) is 6.63. The zero-order valence-electron chi connectivity index (χ0n) is 15.8. The number of nitrogens with one attached hydrogen (secondary N) is 2. The summed E-state index contributed by atoms with van der Waals surface area (Å²) < 4.78 is 13.4. The van der Waals surface area contributed by atoms with Crippen LogP contribution in [0.2, 0.25) is 5.02 Å². The molecule has 0 saturated carbocycles. The highest BCUT2D eigenvalue weighted by Gasteiger charge is 2.39. The van der Waals surface area contributed by atoms with Gasteiger partial charge in [0.1, 0.15) is 23.2 Å². The van der Waals surface area contributed by atoms with E-state index in [2.05, 4.69) is 35.5 Å².